The van der Waals surface area contributed by atoms with Crippen LogP contribution in [0.3, 0.4) is 0 Å². The van der Waals surface area contributed by atoms with Gasteiger partial charge in [-0.2, -0.15) is 0 Å². The Morgan fingerprint density at radius 1 is 1.00 bits per heavy atom. The molecule has 0 spiro atoms. The van der Waals surface area contributed by atoms with Gasteiger partial charge < -0.3 is 10.8 Å². The van der Waals surface area contributed by atoms with E-state index in [-0.39, 0.29) is 11.8 Å². The first-order valence-corrected chi connectivity index (χ1v) is 6.71. The maximum atomic E-state index is 9.22. The van der Waals surface area contributed by atoms with Crippen molar-refractivity contribution in [3.8, 4) is 5.75 Å². The molecule has 2 aromatic carbocycles. The molecule has 2 rings (SSSR count). The Balaban J connectivity index is 1.99. The average Bonchev–Trinajstić information content (AvgIpc) is 2.35. The van der Waals surface area contributed by atoms with Crippen molar-refractivity contribution in [1.82, 2.24) is 0 Å². The lowest BCUT2D eigenvalue weighted by Crippen LogP contribution is -2.25. The van der Waals surface area contributed by atoms with Crippen molar-refractivity contribution in [2.45, 2.75) is 18.9 Å². The van der Waals surface area contributed by atoms with E-state index in [1.54, 1.807) is 12.1 Å². The van der Waals surface area contributed by atoms with Crippen LogP contribution in [0.1, 0.15) is 11.1 Å². The molecule has 0 bridgehead atoms. The zero-order valence-electron chi connectivity index (χ0n) is 10.0. The number of phenolic OH excluding ortho intramolecular Hbond substituents is 1. The fourth-order valence-corrected chi connectivity index (χ4v) is 2.40. The molecule has 0 aromatic heterocycles. The molecule has 2 aromatic rings. The lowest BCUT2D eigenvalue weighted by molar-refractivity contribution is 0.475. The van der Waals surface area contributed by atoms with Gasteiger partial charge in [0.05, 0.1) is 0 Å². The minimum absolute atomic E-state index is 0.0771. The molecule has 0 saturated carbocycles. The SMILES string of the molecule is NC(Cc1ccc(O)cc1)Cc1ccccc1Br. The highest BCUT2D eigenvalue weighted by Crippen LogP contribution is 2.18. The van der Waals surface area contributed by atoms with Crippen molar-refractivity contribution in [3.05, 3.63) is 64.1 Å². The number of halogens is 1. The van der Waals surface area contributed by atoms with Crippen LogP contribution in [0.5, 0.6) is 5.75 Å². The first-order chi connectivity index (χ1) is 8.65. The Morgan fingerprint density at radius 3 is 2.33 bits per heavy atom. The van der Waals surface area contributed by atoms with Crippen LogP contribution in [0.4, 0.5) is 0 Å². The Bertz CT molecular complexity index is 510. The maximum Gasteiger partial charge on any atom is 0.115 e. The molecule has 3 N–H and O–H groups in total. The predicted octanol–water partition coefficient (Wildman–Crippen LogP) is 3.27. The molecular weight excluding hydrogens is 290 g/mol. The zero-order valence-corrected chi connectivity index (χ0v) is 11.6. The van der Waals surface area contributed by atoms with E-state index in [9.17, 15) is 5.11 Å². The Labute approximate surface area is 116 Å². The van der Waals surface area contributed by atoms with Crippen molar-refractivity contribution in [2.75, 3.05) is 0 Å². The molecule has 94 valence electrons. The van der Waals surface area contributed by atoms with Crippen LogP contribution >= 0.6 is 15.9 Å². The number of hydrogen-bond donors (Lipinski definition) is 2. The van der Waals surface area contributed by atoms with Crippen molar-refractivity contribution in [2.24, 2.45) is 5.73 Å². The van der Waals surface area contributed by atoms with Gasteiger partial charge in [-0.1, -0.05) is 46.3 Å². The van der Waals surface area contributed by atoms with Crippen LogP contribution in [0.25, 0.3) is 0 Å². The third-order valence-corrected chi connectivity index (χ3v) is 3.65. The second-order valence-electron chi connectivity index (χ2n) is 4.43. The summed E-state index contributed by atoms with van der Waals surface area (Å²) in [6, 6.07) is 15.4. The van der Waals surface area contributed by atoms with Gasteiger partial charge in [0, 0.05) is 10.5 Å². The van der Waals surface area contributed by atoms with Crippen LogP contribution in [-0.2, 0) is 12.8 Å². The van der Waals surface area contributed by atoms with Crippen LogP contribution in [0.2, 0.25) is 0 Å². The van der Waals surface area contributed by atoms with E-state index in [4.69, 9.17) is 5.73 Å². The molecule has 3 heteroatoms. The number of phenols is 1. The standard InChI is InChI=1S/C15H16BrNO/c16-15-4-2-1-3-12(15)10-13(17)9-11-5-7-14(18)8-6-11/h1-8,13,18H,9-10,17H2. The third-order valence-electron chi connectivity index (χ3n) is 2.87. The molecule has 18 heavy (non-hydrogen) atoms. The van der Waals surface area contributed by atoms with Crippen LogP contribution < -0.4 is 5.73 Å². The van der Waals surface area contributed by atoms with Gasteiger partial charge in [-0.25, -0.2) is 0 Å². The second kappa shape index (κ2) is 6.03. The molecule has 0 aliphatic heterocycles. The highest BCUT2D eigenvalue weighted by molar-refractivity contribution is 9.10. The third kappa shape index (κ3) is 3.59. The van der Waals surface area contributed by atoms with E-state index in [1.807, 2.05) is 30.3 Å². The maximum absolute atomic E-state index is 9.22. The first-order valence-electron chi connectivity index (χ1n) is 5.92. The summed E-state index contributed by atoms with van der Waals surface area (Å²) in [6.45, 7) is 0. The number of nitrogens with two attached hydrogens (primary N) is 1. The number of aromatic hydroxyl groups is 1. The van der Waals surface area contributed by atoms with Gasteiger partial charge in [0.2, 0.25) is 0 Å². The molecule has 1 atom stereocenters. The molecule has 0 saturated heterocycles. The summed E-state index contributed by atoms with van der Waals surface area (Å²) in [5, 5.41) is 9.22. The second-order valence-corrected chi connectivity index (χ2v) is 5.28. The Morgan fingerprint density at radius 2 is 1.67 bits per heavy atom. The highest BCUT2D eigenvalue weighted by Gasteiger charge is 2.07. The van der Waals surface area contributed by atoms with Crippen molar-refractivity contribution in [1.29, 1.82) is 0 Å². The number of hydrogen-bond acceptors (Lipinski definition) is 2. The summed E-state index contributed by atoms with van der Waals surface area (Å²) < 4.78 is 1.10. The normalized spacial score (nSPS) is 12.3. The zero-order chi connectivity index (χ0) is 13.0. The molecule has 0 amide bonds. The highest BCUT2D eigenvalue weighted by atomic mass is 79.9. The lowest BCUT2D eigenvalue weighted by atomic mass is 10.00. The van der Waals surface area contributed by atoms with Gasteiger partial charge in [0.15, 0.2) is 0 Å². The monoisotopic (exact) mass is 305 g/mol. The summed E-state index contributed by atoms with van der Waals surface area (Å²) in [5.74, 6) is 0.290. The summed E-state index contributed by atoms with van der Waals surface area (Å²) in [7, 11) is 0. The largest absolute Gasteiger partial charge is 0.508 e. The molecule has 0 aliphatic rings. The average molecular weight is 306 g/mol. The van der Waals surface area contributed by atoms with E-state index in [1.165, 1.54) is 5.56 Å². The number of benzene rings is 2. The minimum atomic E-state index is 0.0771. The van der Waals surface area contributed by atoms with Crippen LogP contribution in [0, 0.1) is 0 Å². The van der Waals surface area contributed by atoms with Crippen LogP contribution in [-0.4, -0.2) is 11.1 Å². The lowest BCUT2D eigenvalue weighted by Gasteiger charge is -2.13. The molecule has 0 radical (unpaired) electrons. The molecule has 0 fully saturated rings. The molecule has 0 aliphatic carbocycles. The van der Waals surface area contributed by atoms with Crippen molar-refractivity contribution >= 4 is 15.9 Å². The van der Waals surface area contributed by atoms with Gasteiger partial charge in [-0.05, 0) is 42.2 Å². The summed E-state index contributed by atoms with van der Waals surface area (Å²) in [5.41, 5.74) is 8.53. The van der Waals surface area contributed by atoms with Crippen molar-refractivity contribution in [3.63, 3.8) is 0 Å². The number of rotatable bonds is 4. The Hall–Kier alpha value is -1.32. The summed E-state index contributed by atoms with van der Waals surface area (Å²) in [6.07, 6.45) is 1.64. The van der Waals surface area contributed by atoms with E-state index in [0.29, 0.717) is 0 Å². The van der Waals surface area contributed by atoms with E-state index in [2.05, 4.69) is 22.0 Å². The fraction of sp³-hybridized carbons (Fsp3) is 0.200. The summed E-state index contributed by atoms with van der Waals surface area (Å²) >= 11 is 3.53. The molecule has 1 unspecified atom stereocenters. The first kappa shape index (κ1) is 13.1. The van der Waals surface area contributed by atoms with Gasteiger partial charge in [0.25, 0.3) is 0 Å². The van der Waals surface area contributed by atoms with Gasteiger partial charge in [-0.3, -0.25) is 0 Å². The Kier molecular flexibility index (Phi) is 4.39. The molecule has 0 heterocycles. The van der Waals surface area contributed by atoms with Gasteiger partial charge >= 0.3 is 0 Å². The van der Waals surface area contributed by atoms with Crippen molar-refractivity contribution < 1.29 is 5.11 Å². The quantitative estimate of drug-likeness (QED) is 0.910. The fourth-order valence-electron chi connectivity index (χ4n) is 1.95. The van der Waals surface area contributed by atoms with Gasteiger partial charge in [0.1, 0.15) is 5.75 Å². The van der Waals surface area contributed by atoms with Crippen LogP contribution in [0.15, 0.2) is 53.0 Å². The predicted molar refractivity (Wildman–Crippen MR) is 77.6 cm³/mol. The van der Waals surface area contributed by atoms with E-state index in [0.717, 1.165) is 22.9 Å². The minimum Gasteiger partial charge on any atom is -0.508 e. The smallest absolute Gasteiger partial charge is 0.115 e. The molecular formula is C15H16BrNO. The van der Waals surface area contributed by atoms with E-state index >= 15 is 0 Å². The topological polar surface area (TPSA) is 46.2 Å². The molecule has 2 nitrogen and oxygen atoms in total. The van der Waals surface area contributed by atoms with Gasteiger partial charge in [-0.15, -0.1) is 0 Å². The van der Waals surface area contributed by atoms with E-state index < -0.39 is 0 Å². The summed E-state index contributed by atoms with van der Waals surface area (Å²) in [4.78, 5) is 0.